The maximum atomic E-state index is 11.9. The Balaban J connectivity index is 2.61. The highest BCUT2D eigenvalue weighted by Gasteiger charge is 2.15. The Morgan fingerprint density at radius 3 is 2.72 bits per heavy atom. The molecular weight excluding hydrogens is 234 g/mol. The predicted octanol–water partition coefficient (Wildman–Crippen LogP) is -0.0269. The van der Waals surface area contributed by atoms with Crippen molar-refractivity contribution >= 4 is 11.8 Å². The Morgan fingerprint density at radius 1 is 1.39 bits per heavy atom. The summed E-state index contributed by atoms with van der Waals surface area (Å²) in [5.74, 6) is -0.606. The molecule has 0 aliphatic carbocycles. The van der Waals surface area contributed by atoms with E-state index in [0.717, 1.165) is 6.42 Å². The summed E-state index contributed by atoms with van der Waals surface area (Å²) in [7, 11) is 1.51. The van der Waals surface area contributed by atoms with Crippen LogP contribution in [0, 0.1) is 0 Å². The normalized spacial score (nSPS) is 9.89. The summed E-state index contributed by atoms with van der Waals surface area (Å²) in [6.45, 7) is 2.50. The molecule has 0 bridgehead atoms. The molecule has 0 radical (unpaired) electrons. The summed E-state index contributed by atoms with van der Waals surface area (Å²) in [4.78, 5) is 38.1. The van der Waals surface area contributed by atoms with Gasteiger partial charge in [0, 0.05) is 19.7 Å². The number of nitrogens with one attached hydrogen (secondary N) is 2. The third-order valence-corrected chi connectivity index (χ3v) is 2.30. The van der Waals surface area contributed by atoms with Gasteiger partial charge in [0.1, 0.15) is 5.69 Å². The van der Waals surface area contributed by atoms with Gasteiger partial charge >= 0.3 is 0 Å². The van der Waals surface area contributed by atoms with Crippen LogP contribution in [0.3, 0.4) is 0 Å². The van der Waals surface area contributed by atoms with Gasteiger partial charge in [-0.2, -0.15) is 0 Å². The second-order valence-corrected chi connectivity index (χ2v) is 3.94. The number of H-pyrrole nitrogens is 1. The first-order valence-electron chi connectivity index (χ1n) is 5.76. The highest BCUT2D eigenvalue weighted by atomic mass is 16.2. The first-order chi connectivity index (χ1) is 8.54. The number of pyridine rings is 1. The first kappa shape index (κ1) is 14.0. The summed E-state index contributed by atoms with van der Waals surface area (Å²) >= 11 is 0. The average molecular weight is 251 g/mol. The van der Waals surface area contributed by atoms with Gasteiger partial charge in [-0.15, -0.1) is 0 Å². The van der Waals surface area contributed by atoms with Gasteiger partial charge in [0.25, 0.3) is 5.91 Å². The number of carbonyl (C=O) groups excluding carboxylic acids is 2. The number of likely N-dealkylation sites (N-methyl/N-ethyl adjacent to an activating group) is 1. The molecule has 0 saturated carbocycles. The molecule has 1 rings (SSSR count). The molecule has 2 amide bonds. The molecule has 0 unspecified atom stereocenters. The Bertz CT molecular complexity index is 481. The van der Waals surface area contributed by atoms with E-state index in [0.29, 0.717) is 6.54 Å². The second kappa shape index (κ2) is 6.58. The van der Waals surface area contributed by atoms with Gasteiger partial charge in [0.15, 0.2) is 0 Å². The summed E-state index contributed by atoms with van der Waals surface area (Å²) in [5, 5.41) is 2.68. The van der Waals surface area contributed by atoms with Crippen LogP contribution in [-0.4, -0.2) is 41.8 Å². The zero-order valence-electron chi connectivity index (χ0n) is 10.5. The third-order valence-electron chi connectivity index (χ3n) is 2.30. The van der Waals surface area contributed by atoms with E-state index in [1.807, 2.05) is 6.92 Å². The molecule has 98 valence electrons. The van der Waals surface area contributed by atoms with Crippen molar-refractivity contribution in [3.63, 3.8) is 0 Å². The van der Waals surface area contributed by atoms with Crippen molar-refractivity contribution in [3.05, 3.63) is 34.2 Å². The number of aromatic nitrogens is 1. The monoisotopic (exact) mass is 251 g/mol. The topological polar surface area (TPSA) is 82.3 Å². The van der Waals surface area contributed by atoms with Gasteiger partial charge in [-0.1, -0.05) is 13.0 Å². The van der Waals surface area contributed by atoms with Crippen LogP contribution in [0.4, 0.5) is 0 Å². The molecule has 18 heavy (non-hydrogen) atoms. The van der Waals surface area contributed by atoms with E-state index < -0.39 is 0 Å². The molecule has 1 heterocycles. The molecule has 1 aromatic heterocycles. The van der Waals surface area contributed by atoms with Crippen LogP contribution in [0.1, 0.15) is 23.8 Å². The number of amides is 2. The lowest BCUT2D eigenvalue weighted by Crippen LogP contribution is -2.39. The average Bonchev–Trinajstić information content (AvgIpc) is 2.35. The van der Waals surface area contributed by atoms with Crippen LogP contribution >= 0.6 is 0 Å². The Morgan fingerprint density at radius 2 is 2.11 bits per heavy atom. The van der Waals surface area contributed by atoms with Crippen LogP contribution in [-0.2, 0) is 4.79 Å². The van der Waals surface area contributed by atoms with Crippen LogP contribution in [0.5, 0.6) is 0 Å². The maximum Gasteiger partial charge on any atom is 0.270 e. The number of hydrogen-bond donors (Lipinski definition) is 2. The third kappa shape index (κ3) is 4.04. The van der Waals surface area contributed by atoms with Crippen LogP contribution in [0.25, 0.3) is 0 Å². The van der Waals surface area contributed by atoms with E-state index in [-0.39, 0.29) is 29.6 Å². The lowest BCUT2D eigenvalue weighted by atomic mass is 10.3. The summed E-state index contributed by atoms with van der Waals surface area (Å²) in [6.07, 6.45) is 0.843. The smallest absolute Gasteiger partial charge is 0.270 e. The van der Waals surface area contributed by atoms with Gasteiger partial charge in [0.05, 0.1) is 6.54 Å². The number of nitrogens with zero attached hydrogens (tertiary/aromatic N) is 1. The fraction of sp³-hybridized carbons (Fsp3) is 0.417. The van der Waals surface area contributed by atoms with Crippen molar-refractivity contribution in [1.82, 2.24) is 15.2 Å². The number of carbonyl (C=O) groups is 2. The Labute approximate surface area is 105 Å². The predicted molar refractivity (Wildman–Crippen MR) is 67.3 cm³/mol. The van der Waals surface area contributed by atoms with Gasteiger partial charge in [-0.3, -0.25) is 14.4 Å². The van der Waals surface area contributed by atoms with Crippen LogP contribution in [0.2, 0.25) is 0 Å². The zero-order valence-corrected chi connectivity index (χ0v) is 10.5. The molecule has 6 nitrogen and oxygen atoms in total. The Hall–Kier alpha value is -2.11. The number of aromatic amines is 1. The van der Waals surface area contributed by atoms with Crippen molar-refractivity contribution in [2.75, 3.05) is 20.1 Å². The first-order valence-corrected chi connectivity index (χ1v) is 5.76. The minimum atomic E-state index is -0.389. The molecule has 1 aromatic rings. The molecule has 0 aliphatic rings. The van der Waals surface area contributed by atoms with E-state index in [1.165, 1.54) is 30.1 Å². The second-order valence-electron chi connectivity index (χ2n) is 3.94. The van der Waals surface area contributed by atoms with Crippen molar-refractivity contribution < 1.29 is 9.59 Å². The fourth-order valence-corrected chi connectivity index (χ4v) is 1.39. The molecule has 6 heteroatoms. The summed E-state index contributed by atoms with van der Waals surface area (Å²) in [6, 6.07) is 4.33. The van der Waals surface area contributed by atoms with Crippen LogP contribution in [0.15, 0.2) is 23.0 Å². The van der Waals surface area contributed by atoms with E-state index in [2.05, 4.69) is 10.3 Å². The van der Waals surface area contributed by atoms with Crippen LogP contribution < -0.4 is 10.9 Å². The molecule has 0 spiro atoms. The Kier molecular flexibility index (Phi) is 5.10. The van der Waals surface area contributed by atoms with Crippen molar-refractivity contribution in [2.24, 2.45) is 0 Å². The minimum absolute atomic E-state index is 0.0320. The standard InChI is InChI=1S/C12H17N3O3/c1-3-7-13-11(17)8-15(2)12(18)9-5-4-6-10(16)14-9/h4-6H,3,7-8H2,1-2H3,(H,13,17)(H,14,16). The molecule has 0 saturated heterocycles. The minimum Gasteiger partial charge on any atom is -0.355 e. The van der Waals surface area contributed by atoms with Crippen molar-refractivity contribution in [1.29, 1.82) is 0 Å². The molecule has 0 fully saturated rings. The highest BCUT2D eigenvalue weighted by molar-refractivity contribution is 5.94. The van der Waals surface area contributed by atoms with Crippen molar-refractivity contribution in [3.8, 4) is 0 Å². The van der Waals surface area contributed by atoms with E-state index >= 15 is 0 Å². The maximum absolute atomic E-state index is 11.9. The molecule has 0 aromatic carbocycles. The van der Waals surface area contributed by atoms with Gasteiger partial charge in [-0.05, 0) is 12.5 Å². The van der Waals surface area contributed by atoms with Crippen molar-refractivity contribution in [2.45, 2.75) is 13.3 Å². The SMILES string of the molecule is CCCNC(=O)CN(C)C(=O)c1cccc(=O)[nH]1. The fourth-order valence-electron chi connectivity index (χ4n) is 1.39. The molecule has 0 aliphatic heterocycles. The number of hydrogen-bond acceptors (Lipinski definition) is 3. The molecular formula is C12H17N3O3. The summed E-state index contributed by atoms with van der Waals surface area (Å²) < 4.78 is 0. The zero-order chi connectivity index (χ0) is 13.5. The van der Waals surface area contributed by atoms with E-state index in [9.17, 15) is 14.4 Å². The van der Waals surface area contributed by atoms with E-state index in [4.69, 9.17) is 0 Å². The van der Waals surface area contributed by atoms with Gasteiger partial charge in [-0.25, -0.2) is 0 Å². The largest absolute Gasteiger partial charge is 0.355 e. The molecule has 0 atom stereocenters. The number of rotatable bonds is 5. The lowest BCUT2D eigenvalue weighted by Gasteiger charge is -2.16. The van der Waals surface area contributed by atoms with E-state index in [1.54, 1.807) is 0 Å². The lowest BCUT2D eigenvalue weighted by molar-refractivity contribution is -0.121. The molecule has 2 N–H and O–H groups in total. The van der Waals surface area contributed by atoms with Gasteiger partial charge in [0.2, 0.25) is 11.5 Å². The quantitative estimate of drug-likeness (QED) is 0.771. The van der Waals surface area contributed by atoms with Gasteiger partial charge < -0.3 is 15.2 Å². The summed E-state index contributed by atoms with van der Waals surface area (Å²) in [5.41, 5.74) is -0.169. The highest BCUT2D eigenvalue weighted by Crippen LogP contribution is 1.97.